The van der Waals surface area contributed by atoms with Crippen LogP contribution in [0.25, 0.3) is 0 Å². The Morgan fingerprint density at radius 2 is 1.64 bits per heavy atom. The molecule has 2 aromatic rings. The lowest BCUT2D eigenvalue weighted by Gasteiger charge is -2.09. The Bertz CT molecular complexity index is 629. The molecule has 1 aromatic carbocycles. The van der Waals surface area contributed by atoms with Gasteiger partial charge in [0, 0.05) is 22.7 Å². The first kappa shape index (κ1) is 14.3. The van der Waals surface area contributed by atoms with Crippen LogP contribution in [0.1, 0.15) is 66.7 Å². The minimum Gasteiger partial charge on any atom is -0.274 e. The van der Waals surface area contributed by atoms with Gasteiger partial charge < -0.3 is 0 Å². The van der Waals surface area contributed by atoms with Crippen molar-refractivity contribution < 1.29 is 0 Å². The predicted octanol–water partition coefficient (Wildman–Crippen LogP) is 4.98. The summed E-state index contributed by atoms with van der Waals surface area (Å²) in [6, 6.07) is 13.3. The average molecular weight is 310 g/mol. The molecule has 2 nitrogen and oxygen atoms in total. The van der Waals surface area contributed by atoms with E-state index >= 15 is 0 Å². The minimum atomic E-state index is 0.606. The second kappa shape index (κ2) is 6.05. The number of hydrogen-bond acceptors (Lipinski definition) is 3. The van der Waals surface area contributed by atoms with Crippen molar-refractivity contribution in [2.75, 3.05) is 0 Å². The summed E-state index contributed by atoms with van der Waals surface area (Å²) < 4.78 is 0. The van der Waals surface area contributed by atoms with Crippen molar-refractivity contribution in [3.8, 4) is 0 Å². The van der Waals surface area contributed by atoms with Crippen LogP contribution >= 0.6 is 11.9 Å². The average Bonchev–Trinajstić information content (AvgIpc) is 3.19. The quantitative estimate of drug-likeness (QED) is 0.810. The topological polar surface area (TPSA) is 38.9 Å². The SMILES string of the molecule is NSc1ccc(C2CC2c2ccc(C3CCCC3)cn2)cc1. The molecule has 2 saturated carbocycles. The molecule has 0 aliphatic heterocycles. The lowest BCUT2D eigenvalue weighted by Crippen LogP contribution is -1.95. The van der Waals surface area contributed by atoms with Crippen LogP contribution in [0.15, 0.2) is 47.5 Å². The van der Waals surface area contributed by atoms with E-state index in [1.165, 1.54) is 60.9 Å². The Morgan fingerprint density at radius 1 is 0.909 bits per heavy atom. The first-order valence-electron chi connectivity index (χ1n) is 8.27. The zero-order valence-corrected chi connectivity index (χ0v) is 13.6. The van der Waals surface area contributed by atoms with Crippen LogP contribution in [0, 0.1) is 0 Å². The van der Waals surface area contributed by atoms with Crippen LogP contribution in [-0.2, 0) is 0 Å². The van der Waals surface area contributed by atoms with Gasteiger partial charge in [0.2, 0.25) is 0 Å². The number of rotatable bonds is 4. The van der Waals surface area contributed by atoms with Crippen LogP contribution in [0.4, 0.5) is 0 Å². The molecule has 1 heterocycles. The fraction of sp³-hybridized carbons (Fsp3) is 0.421. The Kier molecular flexibility index (Phi) is 3.93. The summed E-state index contributed by atoms with van der Waals surface area (Å²) in [7, 11) is 0. The molecule has 0 bridgehead atoms. The van der Waals surface area contributed by atoms with E-state index < -0.39 is 0 Å². The Morgan fingerprint density at radius 3 is 2.27 bits per heavy atom. The van der Waals surface area contributed by atoms with Crippen LogP contribution < -0.4 is 5.14 Å². The van der Waals surface area contributed by atoms with Crippen LogP contribution in [0.5, 0.6) is 0 Å². The summed E-state index contributed by atoms with van der Waals surface area (Å²) in [5, 5.41) is 5.58. The van der Waals surface area contributed by atoms with Gasteiger partial charge in [-0.15, -0.1) is 0 Å². The van der Waals surface area contributed by atoms with E-state index in [-0.39, 0.29) is 0 Å². The maximum atomic E-state index is 5.58. The van der Waals surface area contributed by atoms with Crippen molar-refractivity contribution in [2.24, 2.45) is 5.14 Å². The Hall–Kier alpha value is -1.32. The molecule has 2 unspecified atom stereocenters. The summed E-state index contributed by atoms with van der Waals surface area (Å²) in [6.07, 6.45) is 8.82. The molecule has 2 N–H and O–H groups in total. The fourth-order valence-corrected chi connectivity index (χ4v) is 4.11. The Balaban J connectivity index is 1.44. The largest absolute Gasteiger partial charge is 0.274 e. The number of hydrogen-bond donors (Lipinski definition) is 1. The number of nitrogens with two attached hydrogens (primary N) is 1. The highest BCUT2D eigenvalue weighted by molar-refractivity contribution is 7.97. The second-order valence-electron chi connectivity index (χ2n) is 6.63. The first-order valence-corrected chi connectivity index (χ1v) is 9.15. The highest BCUT2D eigenvalue weighted by Gasteiger charge is 2.40. The summed E-state index contributed by atoms with van der Waals surface area (Å²) in [5.41, 5.74) is 4.14. The van der Waals surface area contributed by atoms with E-state index in [2.05, 4.69) is 42.6 Å². The summed E-state index contributed by atoms with van der Waals surface area (Å²) >= 11 is 1.31. The van der Waals surface area contributed by atoms with Crippen molar-refractivity contribution >= 4 is 11.9 Å². The van der Waals surface area contributed by atoms with Crippen molar-refractivity contribution in [2.45, 2.75) is 54.8 Å². The van der Waals surface area contributed by atoms with Gasteiger partial charge in [-0.05, 0) is 72.4 Å². The molecular weight excluding hydrogens is 288 g/mol. The smallest absolute Gasteiger partial charge is 0.0441 e. The molecule has 2 fully saturated rings. The molecule has 1 aromatic heterocycles. The predicted molar refractivity (Wildman–Crippen MR) is 92.0 cm³/mol. The molecule has 22 heavy (non-hydrogen) atoms. The number of benzene rings is 1. The third-order valence-electron chi connectivity index (χ3n) is 5.25. The normalized spacial score (nSPS) is 24.6. The van der Waals surface area contributed by atoms with Gasteiger partial charge in [0.25, 0.3) is 0 Å². The van der Waals surface area contributed by atoms with Crippen molar-refractivity contribution in [3.05, 3.63) is 59.4 Å². The third-order valence-corrected chi connectivity index (χ3v) is 5.79. The van der Waals surface area contributed by atoms with Crippen LogP contribution in [0.2, 0.25) is 0 Å². The lowest BCUT2D eigenvalue weighted by atomic mass is 9.99. The molecule has 2 atom stereocenters. The van der Waals surface area contributed by atoms with Gasteiger partial charge in [0.05, 0.1) is 0 Å². The second-order valence-corrected chi connectivity index (χ2v) is 7.34. The van der Waals surface area contributed by atoms with Crippen molar-refractivity contribution in [1.82, 2.24) is 4.98 Å². The molecule has 2 aliphatic carbocycles. The third kappa shape index (κ3) is 2.80. The Labute approximate surface area is 136 Å². The van der Waals surface area contributed by atoms with E-state index in [0.717, 1.165) is 10.8 Å². The van der Waals surface area contributed by atoms with Gasteiger partial charge in [0.15, 0.2) is 0 Å². The van der Waals surface area contributed by atoms with E-state index in [9.17, 15) is 0 Å². The maximum absolute atomic E-state index is 5.58. The van der Waals surface area contributed by atoms with Gasteiger partial charge in [-0.1, -0.05) is 31.0 Å². The minimum absolute atomic E-state index is 0.606. The van der Waals surface area contributed by atoms with E-state index in [1.54, 1.807) is 0 Å². The highest BCUT2D eigenvalue weighted by atomic mass is 32.2. The van der Waals surface area contributed by atoms with E-state index in [1.807, 2.05) is 0 Å². The molecule has 4 rings (SSSR count). The number of pyridine rings is 1. The standard InChI is InChI=1S/C19H22N2S/c20-22-16-8-5-14(6-9-16)17-11-18(17)19-10-7-15(12-21-19)13-3-1-2-4-13/h5-10,12-13,17-18H,1-4,11,20H2. The zero-order valence-electron chi connectivity index (χ0n) is 12.7. The molecular formula is C19H22N2S. The lowest BCUT2D eigenvalue weighted by molar-refractivity contribution is 0.717. The zero-order chi connectivity index (χ0) is 14.9. The number of nitrogens with zero attached hydrogens (tertiary/aromatic N) is 1. The summed E-state index contributed by atoms with van der Waals surface area (Å²) in [5.74, 6) is 2.01. The molecule has 114 valence electrons. The van der Waals surface area contributed by atoms with Crippen LogP contribution in [-0.4, -0.2) is 4.98 Å². The van der Waals surface area contributed by atoms with Crippen molar-refractivity contribution in [3.63, 3.8) is 0 Å². The molecule has 3 heteroatoms. The van der Waals surface area contributed by atoms with Gasteiger partial charge in [-0.3, -0.25) is 10.1 Å². The first-order chi connectivity index (χ1) is 10.8. The van der Waals surface area contributed by atoms with Gasteiger partial charge in [-0.25, -0.2) is 0 Å². The van der Waals surface area contributed by atoms with Gasteiger partial charge in [0.1, 0.15) is 0 Å². The molecule has 0 radical (unpaired) electrons. The maximum Gasteiger partial charge on any atom is 0.0441 e. The number of aromatic nitrogens is 1. The molecule has 0 amide bonds. The highest BCUT2D eigenvalue weighted by Crippen LogP contribution is 2.54. The van der Waals surface area contributed by atoms with E-state index in [0.29, 0.717) is 11.8 Å². The van der Waals surface area contributed by atoms with Gasteiger partial charge >= 0.3 is 0 Å². The summed E-state index contributed by atoms with van der Waals surface area (Å²) in [6.45, 7) is 0. The van der Waals surface area contributed by atoms with Gasteiger partial charge in [-0.2, -0.15) is 0 Å². The summed E-state index contributed by atoms with van der Waals surface area (Å²) in [4.78, 5) is 5.90. The molecule has 0 saturated heterocycles. The molecule has 2 aliphatic rings. The molecule has 0 spiro atoms. The van der Waals surface area contributed by atoms with Crippen molar-refractivity contribution in [1.29, 1.82) is 0 Å². The van der Waals surface area contributed by atoms with Crippen LogP contribution in [0.3, 0.4) is 0 Å². The monoisotopic (exact) mass is 310 g/mol. The van der Waals surface area contributed by atoms with E-state index in [4.69, 9.17) is 10.1 Å². The fourth-order valence-electron chi connectivity index (χ4n) is 3.82.